The van der Waals surface area contributed by atoms with Gasteiger partial charge in [0, 0.05) is 4.70 Å². The van der Waals surface area contributed by atoms with Gasteiger partial charge in [-0.2, -0.15) is 0 Å². The van der Waals surface area contributed by atoms with Gasteiger partial charge < -0.3 is 5.32 Å². The Bertz CT molecular complexity index is 483. The number of fused-ring (bicyclic) bond motifs is 1. The van der Waals surface area contributed by atoms with Crippen LogP contribution in [0.15, 0.2) is 29.6 Å². The molecule has 3 rings (SSSR count). The van der Waals surface area contributed by atoms with E-state index in [0.717, 1.165) is 12.5 Å². The van der Waals surface area contributed by atoms with Crippen LogP contribution in [-0.4, -0.2) is 12.3 Å². The van der Waals surface area contributed by atoms with Crippen LogP contribution in [0.1, 0.15) is 17.9 Å². The summed E-state index contributed by atoms with van der Waals surface area (Å²) in [5.74, 6) is 2.06. The molecule has 16 heavy (non-hydrogen) atoms. The smallest absolute Gasteiger partial charge is 0.0803 e. The van der Waals surface area contributed by atoms with E-state index in [0.29, 0.717) is 5.37 Å². The summed E-state index contributed by atoms with van der Waals surface area (Å²) in [6.45, 7) is 3.45. The van der Waals surface area contributed by atoms with Crippen LogP contribution in [0.3, 0.4) is 0 Å². The lowest BCUT2D eigenvalue weighted by Crippen LogP contribution is -2.30. The Kier molecular flexibility index (Phi) is 2.92. The van der Waals surface area contributed by atoms with E-state index in [1.165, 1.54) is 21.4 Å². The molecule has 1 aromatic carbocycles. The molecule has 1 aliphatic heterocycles. The zero-order chi connectivity index (χ0) is 11.0. The molecular weight excluding hydrogens is 234 g/mol. The second-order valence-electron chi connectivity index (χ2n) is 4.41. The van der Waals surface area contributed by atoms with Crippen LogP contribution in [-0.2, 0) is 0 Å². The molecular formula is C13H15NS2. The number of hydrogen-bond acceptors (Lipinski definition) is 3. The maximum atomic E-state index is 3.63. The van der Waals surface area contributed by atoms with E-state index in [9.17, 15) is 0 Å². The second kappa shape index (κ2) is 4.40. The average molecular weight is 249 g/mol. The minimum atomic E-state index is 0.493. The maximum Gasteiger partial charge on any atom is 0.0803 e. The first-order valence-electron chi connectivity index (χ1n) is 5.65. The van der Waals surface area contributed by atoms with Gasteiger partial charge in [0.05, 0.1) is 5.37 Å². The normalized spacial score (nSPS) is 26.1. The molecule has 2 heterocycles. The lowest BCUT2D eigenvalue weighted by molar-refractivity contribution is 0.531. The molecule has 1 nitrogen and oxygen atoms in total. The molecule has 1 fully saturated rings. The van der Waals surface area contributed by atoms with Gasteiger partial charge >= 0.3 is 0 Å². The fraction of sp³-hybridized carbons (Fsp3) is 0.385. The summed E-state index contributed by atoms with van der Waals surface area (Å²) >= 11 is 3.89. The van der Waals surface area contributed by atoms with Crippen LogP contribution >= 0.6 is 23.1 Å². The quantitative estimate of drug-likeness (QED) is 0.823. The number of thiophene rings is 1. The molecule has 3 heteroatoms. The predicted octanol–water partition coefficient (Wildman–Crippen LogP) is 3.87. The Balaban J connectivity index is 1.94. The fourth-order valence-corrected chi connectivity index (χ4v) is 4.39. The summed E-state index contributed by atoms with van der Waals surface area (Å²) in [5.41, 5.74) is 1.47. The molecule has 0 aliphatic carbocycles. The highest BCUT2D eigenvalue weighted by molar-refractivity contribution is 7.99. The summed E-state index contributed by atoms with van der Waals surface area (Å²) in [4.78, 5) is 0. The highest BCUT2D eigenvalue weighted by atomic mass is 32.2. The molecule has 0 bridgehead atoms. The molecule has 1 N–H and O–H groups in total. The minimum absolute atomic E-state index is 0.493. The molecule has 2 aromatic rings. The van der Waals surface area contributed by atoms with Crippen LogP contribution in [0.5, 0.6) is 0 Å². The van der Waals surface area contributed by atoms with E-state index in [-0.39, 0.29) is 0 Å². The van der Waals surface area contributed by atoms with Gasteiger partial charge in [0.15, 0.2) is 0 Å². The van der Waals surface area contributed by atoms with Crippen molar-refractivity contribution in [1.82, 2.24) is 5.32 Å². The van der Waals surface area contributed by atoms with Crippen molar-refractivity contribution in [2.45, 2.75) is 12.3 Å². The van der Waals surface area contributed by atoms with Gasteiger partial charge in [0.2, 0.25) is 0 Å². The first-order chi connectivity index (χ1) is 7.84. The van der Waals surface area contributed by atoms with Crippen LogP contribution in [0.4, 0.5) is 0 Å². The molecule has 2 unspecified atom stereocenters. The third-order valence-corrected chi connectivity index (χ3v) is 5.49. The van der Waals surface area contributed by atoms with Gasteiger partial charge in [-0.25, -0.2) is 0 Å². The summed E-state index contributed by atoms with van der Waals surface area (Å²) in [6, 6.07) is 8.70. The van der Waals surface area contributed by atoms with E-state index in [4.69, 9.17) is 0 Å². The van der Waals surface area contributed by atoms with Gasteiger partial charge in [-0.05, 0) is 40.6 Å². The van der Waals surface area contributed by atoms with E-state index >= 15 is 0 Å². The summed E-state index contributed by atoms with van der Waals surface area (Å²) < 4.78 is 1.40. The second-order valence-corrected chi connectivity index (χ2v) is 6.46. The van der Waals surface area contributed by atoms with Crippen molar-refractivity contribution in [3.05, 3.63) is 35.2 Å². The summed E-state index contributed by atoms with van der Waals surface area (Å²) in [7, 11) is 0. The number of benzene rings is 1. The Labute approximate surface area is 104 Å². The van der Waals surface area contributed by atoms with Crippen molar-refractivity contribution < 1.29 is 0 Å². The van der Waals surface area contributed by atoms with Gasteiger partial charge in [0.1, 0.15) is 0 Å². The zero-order valence-corrected chi connectivity index (χ0v) is 10.9. The van der Waals surface area contributed by atoms with Crippen molar-refractivity contribution in [3.63, 3.8) is 0 Å². The third-order valence-electron chi connectivity index (χ3n) is 2.99. The zero-order valence-electron chi connectivity index (χ0n) is 9.27. The Morgan fingerprint density at radius 3 is 3.00 bits per heavy atom. The van der Waals surface area contributed by atoms with Crippen molar-refractivity contribution in [2.75, 3.05) is 12.3 Å². The number of hydrogen-bond donors (Lipinski definition) is 1. The van der Waals surface area contributed by atoms with Crippen LogP contribution in [0.2, 0.25) is 0 Å². The summed E-state index contributed by atoms with van der Waals surface area (Å²) in [6.07, 6.45) is 0. The van der Waals surface area contributed by atoms with Crippen molar-refractivity contribution in [2.24, 2.45) is 5.92 Å². The molecule has 1 aromatic heterocycles. The molecule has 0 amide bonds. The largest absolute Gasteiger partial charge is 0.301 e. The number of nitrogens with one attached hydrogen (secondary N) is 1. The first kappa shape index (κ1) is 10.6. The highest BCUT2D eigenvalue weighted by Gasteiger charge is 2.21. The van der Waals surface area contributed by atoms with Crippen LogP contribution in [0, 0.1) is 5.92 Å². The van der Waals surface area contributed by atoms with E-state index in [2.05, 4.69) is 41.9 Å². The van der Waals surface area contributed by atoms with E-state index in [1.54, 1.807) is 0 Å². The average Bonchev–Trinajstić information content (AvgIpc) is 2.74. The minimum Gasteiger partial charge on any atom is -0.301 e. The monoisotopic (exact) mass is 249 g/mol. The molecule has 84 valence electrons. The van der Waals surface area contributed by atoms with E-state index in [1.807, 2.05) is 23.1 Å². The molecule has 0 saturated carbocycles. The number of thioether (sulfide) groups is 1. The topological polar surface area (TPSA) is 12.0 Å². The van der Waals surface area contributed by atoms with E-state index < -0.39 is 0 Å². The lowest BCUT2D eigenvalue weighted by atomic mass is 10.1. The fourth-order valence-electron chi connectivity index (χ4n) is 2.09. The molecule has 0 radical (unpaired) electrons. The first-order valence-corrected chi connectivity index (χ1v) is 7.58. The van der Waals surface area contributed by atoms with Crippen LogP contribution in [0.25, 0.3) is 10.1 Å². The predicted molar refractivity (Wildman–Crippen MR) is 74.2 cm³/mol. The molecule has 0 spiro atoms. The standard InChI is InChI=1S/C13H15NS2/c1-9-6-14-13(16-7-9)11-8-15-12-5-3-2-4-10(11)12/h2-5,8-9,13-14H,6-7H2,1H3. The summed E-state index contributed by atoms with van der Waals surface area (Å²) in [5, 5.41) is 7.86. The molecule has 1 aliphatic rings. The molecule has 2 atom stereocenters. The third kappa shape index (κ3) is 1.88. The lowest BCUT2D eigenvalue weighted by Gasteiger charge is -2.27. The van der Waals surface area contributed by atoms with Crippen molar-refractivity contribution >= 4 is 33.2 Å². The number of rotatable bonds is 1. The van der Waals surface area contributed by atoms with Crippen molar-refractivity contribution in [1.29, 1.82) is 0 Å². The van der Waals surface area contributed by atoms with Gasteiger partial charge in [-0.3, -0.25) is 0 Å². The Hall–Kier alpha value is -0.510. The SMILES string of the molecule is CC1CNC(c2csc3ccccc23)SC1. The maximum absolute atomic E-state index is 3.63. The van der Waals surface area contributed by atoms with Crippen molar-refractivity contribution in [3.8, 4) is 0 Å². The van der Waals surface area contributed by atoms with Gasteiger partial charge in [0.25, 0.3) is 0 Å². The molecule has 1 saturated heterocycles. The Morgan fingerprint density at radius 1 is 1.31 bits per heavy atom. The van der Waals surface area contributed by atoms with Gasteiger partial charge in [-0.15, -0.1) is 23.1 Å². The van der Waals surface area contributed by atoms with Gasteiger partial charge in [-0.1, -0.05) is 25.1 Å². The Morgan fingerprint density at radius 2 is 2.19 bits per heavy atom. The highest BCUT2D eigenvalue weighted by Crippen LogP contribution is 2.38. The van der Waals surface area contributed by atoms with Crippen LogP contribution < -0.4 is 5.32 Å².